The molecule has 1 aliphatic carbocycles. The molecule has 0 spiro atoms. The highest BCUT2D eigenvalue weighted by molar-refractivity contribution is 7.14. The molecule has 2 heterocycles. The summed E-state index contributed by atoms with van der Waals surface area (Å²) >= 11 is 1.56. The minimum absolute atomic E-state index is 0.0157. The van der Waals surface area contributed by atoms with Gasteiger partial charge >= 0.3 is 0 Å². The lowest BCUT2D eigenvalue weighted by Gasteiger charge is -2.15. The number of aromatic nitrogens is 2. The fraction of sp³-hybridized carbons (Fsp3) is 0.467. The first kappa shape index (κ1) is 13.4. The highest BCUT2D eigenvalue weighted by atomic mass is 32.1. The van der Waals surface area contributed by atoms with Crippen LogP contribution in [-0.2, 0) is 12.8 Å². The summed E-state index contributed by atoms with van der Waals surface area (Å²) in [6.45, 7) is 3.03. The fourth-order valence-electron chi connectivity index (χ4n) is 2.58. The molecule has 5 heteroatoms. The maximum atomic E-state index is 12.2. The summed E-state index contributed by atoms with van der Waals surface area (Å²) in [5.41, 5.74) is 3.86. The van der Waals surface area contributed by atoms with E-state index in [-0.39, 0.29) is 5.56 Å². The van der Waals surface area contributed by atoms with Crippen LogP contribution in [0.1, 0.15) is 37.4 Å². The Kier molecular flexibility index (Phi) is 3.87. The van der Waals surface area contributed by atoms with Gasteiger partial charge in [0.05, 0.1) is 11.3 Å². The van der Waals surface area contributed by atoms with E-state index >= 15 is 0 Å². The van der Waals surface area contributed by atoms with Crippen molar-refractivity contribution in [1.29, 1.82) is 0 Å². The van der Waals surface area contributed by atoms with Crippen LogP contribution < -0.4 is 10.9 Å². The Morgan fingerprint density at radius 1 is 1.40 bits per heavy atom. The Balaban J connectivity index is 1.93. The molecule has 20 heavy (non-hydrogen) atoms. The Labute approximate surface area is 122 Å². The van der Waals surface area contributed by atoms with Gasteiger partial charge in [0.25, 0.3) is 5.56 Å². The minimum Gasteiger partial charge on any atom is -0.362 e. The predicted octanol–water partition coefficient (Wildman–Crippen LogP) is 3.20. The maximum Gasteiger partial charge on any atom is 0.257 e. The van der Waals surface area contributed by atoms with Crippen LogP contribution in [0.25, 0.3) is 11.3 Å². The molecule has 0 radical (unpaired) electrons. The third kappa shape index (κ3) is 2.63. The van der Waals surface area contributed by atoms with Crippen molar-refractivity contribution in [2.45, 2.75) is 39.0 Å². The van der Waals surface area contributed by atoms with E-state index in [0.29, 0.717) is 5.56 Å². The van der Waals surface area contributed by atoms with Gasteiger partial charge in [0.15, 0.2) is 5.13 Å². The van der Waals surface area contributed by atoms with Crippen molar-refractivity contribution >= 4 is 16.5 Å². The molecule has 0 unspecified atom stereocenters. The van der Waals surface area contributed by atoms with Crippen LogP contribution in [0.2, 0.25) is 0 Å². The predicted molar refractivity (Wildman–Crippen MR) is 83.6 cm³/mol. The average Bonchev–Trinajstić information content (AvgIpc) is 2.93. The molecule has 0 saturated heterocycles. The summed E-state index contributed by atoms with van der Waals surface area (Å²) in [5.74, 6) is 0. The van der Waals surface area contributed by atoms with Crippen LogP contribution in [0.4, 0.5) is 5.13 Å². The maximum absolute atomic E-state index is 12.2. The van der Waals surface area contributed by atoms with Crippen molar-refractivity contribution in [2.24, 2.45) is 0 Å². The number of aryl methyl sites for hydroxylation is 2. The Morgan fingerprint density at radius 2 is 2.25 bits per heavy atom. The standard InChI is InChI=1S/C15H19N3OS/c1-2-7-16-15-18-13(9-20-15)11-8-10-5-3-4-6-12(10)17-14(11)19/h8-9H,2-7H2,1H3,(H,16,18)(H,17,19). The molecule has 0 bridgehead atoms. The topological polar surface area (TPSA) is 57.8 Å². The number of rotatable bonds is 4. The zero-order valence-electron chi connectivity index (χ0n) is 11.7. The zero-order valence-corrected chi connectivity index (χ0v) is 12.5. The van der Waals surface area contributed by atoms with E-state index < -0.39 is 0 Å². The van der Waals surface area contributed by atoms with E-state index in [2.05, 4.69) is 22.2 Å². The first-order valence-corrected chi connectivity index (χ1v) is 8.10. The molecular formula is C15H19N3OS. The lowest BCUT2D eigenvalue weighted by atomic mass is 9.94. The van der Waals surface area contributed by atoms with Gasteiger partial charge in [-0.1, -0.05) is 6.92 Å². The van der Waals surface area contributed by atoms with Crippen molar-refractivity contribution in [3.8, 4) is 11.3 Å². The molecule has 0 amide bonds. The second kappa shape index (κ2) is 5.79. The van der Waals surface area contributed by atoms with Gasteiger partial charge in [-0.2, -0.15) is 0 Å². The van der Waals surface area contributed by atoms with Crippen LogP contribution >= 0.6 is 11.3 Å². The van der Waals surface area contributed by atoms with E-state index in [4.69, 9.17) is 0 Å². The smallest absolute Gasteiger partial charge is 0.257 e. The van der Waals surface area contributed by atoms with Gasteiger partial charge < -0.3 is 10.3 Å². The lowest BCUT2D eigenvalue weighted by molar-refractivity contribution is 0.665. The van der Waals surface area contributed by atoms with E-state index in [0.717, 1.165) is 42.3 Å². The molecule has 0 aliphatic heterocycles. The SMILES string of the molecule is CCCNc1nc(-c2cc3c([nH]c2=O)CCCC3)cs1. The number of hydrogen-bond donors (Lipinski definition) is 2. The van der Waals surface area contributed by atoms with Gasteiger partial charge in [-0.25, -0.2) is 4.98 Å². The molecule has 2 aromatic rings. The molecule has 4 nitrogen and oxygen atoms in total. The second-order valence-corrected chi connectivity index (χ2v) is 6.05. The summed E-state index contributed by atoms with van der Waals surface area (Å²) in [5, 5.41) is 6.11. The van der Waals surface area contributed by atoms with Crippen molar-refractivity contribution in [1.82, 2.24) is 9.97 Å². The van der Waals surface area contributed by atoms with Crippen molar-refractivity contribution in [2.75, 3.05) is 11.9 Å². The van der Waals surface area contributed by atoms with Gasteiger partial charge in [0, 0.05) is 17.6 Å². The zero-order chi connectivity index (χ0) is 13.9. The number of pyridine rings is 1. The van der Waals surface area contributed by atoms with Crippen LogP contribution in [0, 0.1) is 0 Å². The molecule has 0 saturated carbocycles. The van der Waals surface area contributed by atoms with Crippen LogP contribution in [0.3, 0.4) is 0 Å². The van der Waals surface area contributed by atoms with E-state index in [9.17, 15) is 4.79 Å². The van der Waals surface area contributed by atoms with Crippen LogP contribution in [0.5, 0.6) is 0 Å². The van der Waals surface area contributed by atoms with E-state index in [1.165, 1.54) is 18.4 Å². The number of anilines is 1. The van der Waals surface area contributed by atoms with Crippen molar-refractivity contribution < 1.29 is 0 Å². The molecule has 1 aliphatic rings. The number of hydrogen-bond acceptors (Lipinski definition) is 4. The Hall–Kier alpha value is -1.62. The van der Waals surface area contributed by atoms with Gasteiger partial charge in [-0.3, -0.25) is 4.79 Å². The summed E-state index contributed by atoms with van der Waals surface area (Å²) < 4.78 is 0. The van der Waals surface area contributed by atoms with Crippen LogP contribution in [-0.4, -0.2) is 16.5 Å². The molecule has 0 atom stereocenters. The molecule has 2 aromatic heterocycles. The van der Waals surface area contributed by atoms with Gasteiger partial charge in [-0.15, -0.1) is 11.3 Å². The largest absolute Gasteiger partial charge is 0.362 e. The fourth-order valence-corrected chi connectivity index (χ4v) is 3.32. The monoisotopic (exact) mass is 289 g/mol. The number of nitrogens with one attached hydrogen (secondary N) is 2. The molecular weight excluding hydrogens is 270 g/mol. The highest BCUT2D eigenvalue weighted by Crippen LogP contribution is 2.26. The Morgan fingerprint density at radius 3 is 3.10 bits per heavy atom. The number of aromatic amines is 1. The second-order valence-electron chi connectivity index (χ2n) is 5.19. The molecule has 0 aromatic carbocycles. The van der Waals surface area contributed by atoms with Gasteiger partial charge in [0.2, 0.25) is 0 Å². The molecule has 2 N–H and O–H groups in total. The average molecular weight is 289 g/mol. The summed E-state index contributed by atoms with van der Waals surface area (Å²) in [4.78, 5) is 19.8. The van der Waals surface area contributed by atoms with Gasteiger partial charge in [0.1, 0.15) is 0 Å². The minimum atomic E-state index is -0.0157. The normalized spacial score (nSPS) is 14.1. The van der Waals surface area contributed by atoms with Crippen LogP contribution in [0.15, 0.2) is 16.2 Å². The van der Waals surface area contributed by atoms with Crippen molar-refractivity contribution in [3.05, 3.63) is 33.1 Å². The highest BCUT2D eigenvalue weighted by Gasteiger charge is 2.15. The third-order valence-corrected chi connectivity index (χ3v) is 4.44. The summed E-state index contributed by atoms with van der Waals surface area (Å²) in [6, 6.07) is 2.03. The number of fused-ring (bicyclic) bond motifs is 1. The number of H-pyrrole nitrogens is 1. The summed E-state index contributed by atoms with van der Waals surface area (Å²) in [6.07, 6.45) is 5.49. The van der Waals surface area contributed by atoms with E-state index in [1.54, 1.807) is 11.3 Å². The number of nitrogens with zero attached hydrogens (tertiary/aromatic N) is 1. The molecule has 3 rings (SSSR count). The number of thiazole rings is 1. The first-order valence-electron chi connectivity index (χ1n) is 7.22. The Bertz CT molecular complexity index is 659. The van der Waals surface area contributed by atoms with Gasteiger partial charge in [-0.05, 0) is 43.7 Å². The quantitative estimate of drug-likeness (QED) is 0.908. The third-order valence-electron chi connectivity index (χ3n) is 3.64. The first-order chi connectivity index (χ1) is 9.78. The summed E-state index contributed by atoms with van der Waals surface area (Å²) in [7, 11) is 0. The molecule has 0 fully saturated rings. The van der Waals surface area contributed by atoms with E-state index in [1.807, 2.05) is 11.4 Å². The van der Waals surface area contributed by atoms with Crippen molar-refractivity contribution in [3.63, 3.8) is 0 Å². The molecule has 106 valence electrons. The lowest BCUT2D eigenvalue weighted by Crippen LogP contribution is -2.16.